The molecule has 2 rings (SSSR count). The van der Waals surface area contributed by atoms with Gasteiger partial charge in [-0.3, -0.25) is 4.79 Å². The molecule has 0 aliphatic carbocycles. The van der Waals surface area contributed by atoms with E-state index in [0.29, 0.717) is 31.9 Å². The van der Waals surface area contributed by atoms with Gasteiger partial charge in [0.2, 0.25) is 5.91 Å². The number of halogens is 3. The Morgan fingerprint density at radius 3 is 2.74 bits per heavy atom. The average molecular weight is 331 g/mol. The Balaban J connectivity index is 1.65. The van der Waals surface area contributed by atoms with E-state index in [1.807, 2.05) is 6.92 Å². The van der Waals surface area contributed by atoms with Gasteiger partial charge in [-0.2, -0.15) is 13.2 Å². The Kier molecular flexibility index (Phi) is 5.81. The molecular formula is C15H20F3N3O2. The molecule has 1 aromatic rings. The fourth-order valence-electron chi connectivity index (χ4n) is 2.31. The van der Waals surface area contributed by atoms with Crippen molar-refractivity contribution >= 4 is 11.7 Å². The van der Waals surface area contributed by atoms with E-state index >= 15 is 0 Å². The lowest BCUT2D eigenvalue weighted by atomic mass is 10.0. The monoisotopic (exact) mass is 331 g/mol. The number of aromatic nitrogens is 1. The molecular weight excluding hydrogens is 311 g/mol. The summed E-state index contributed by atoms with van der Waals surface area (Å²) in [4.78, 5) is 15.6. The normalized spacial score (nSPS) is 21.2. The van der Waals surface area contributed by atoms with Gasteiger partial charge in [-0.05, 0) is 30.9 Å². The maximum atomic E-state index is 12.4. The fourth-order valence-corrected chi connectivity index (χ4v) is 2.31. The van der Waals surface area contributed by atoms with Crippen LogP contribution in [0.5, 0.6) is 0 Å². The van der Waals surface area contributed by atoms with Crippen molar-refractivity contribution in [3.63, 3.8) is 0 Å². The number of pyridine rings is 1. The molecule has 0 bridgehead atoms. The number of carbonyl (C=O) groups is 1. The predicted molar refractivity (Wildman–Crippen MR) is 78.9 cm³/mol. The van der Waals surface area contributed by atoms with Crippen molar-refractivity contribution in [2.24, 2.45) is 5.92 Å². The van der Waals surface area contributed by atoms with Gasteiger partial charge in [0.05, 0.1) is 5.56 Å². The second-order valence-corrected chi connectivity index (χ2v) is 5.56. The van der Waals surface area contributed by atoms with Gasteiger partial charge in [0.25, 0.3) is 0 Å². The molecule has 2 N–H and O–H groups in total. The van der Waals surface area contributed by atoms with Crippen LogP contribution in [0.4, 0.5) is 19.0 Å². The second kappa shape index (κ2) is 7.63. The number of hydrogen-bond donors (Lipinski definition) is 2. The molecule has 5 nitrogen and oxygen atoms in total. The molecule has 1 fully saturated rings. The van der Waals surface area contributed by atoms with Crippen molar-refractivity contribution in [3.8, 4) is 0 Å². The maximum Gasteiger partial charge on any atom is 0.417 e. The van der Waals surface area contributed by atoms with Gasteiger partial charge in [0.1, 0.15) is 11.9 Å². The Hall–Kier alpha value is -1.83. The van der Waals surface area contributed by atoms with E-state index in [1.165, 1.54) is 6.07 Å². The third kappa shape index (κ3) is 5.09. The molecule has 2 heterocycles. The minimum atomic E-state index is -4.38. The van der Waals surface area contributed by atoms with E-state index in [2.05, 4.69) is 15.6 Å². The lowest BCUT2D eigenvalue weighted by Gasteiger charge is -2.14. The van der Waals surface area contributed by atoms with Crippen LogP contribution in [0, 0.1) is 5.92 Å². The third-order valence-corrected chi connectivity index (χ3v) is 3.70. The van der Waals surface area contributed by atoms with E-state index in [4.69, 9.17) is 4.74 Å². The molecule has 0 aromatic carbocycles. The number of amides is 1. The molecule has 23 heavy (non-hydrogen) atoms. The van der Waals surface area contributed by atoms with E-state index in [0.717, 1.165) is 18.7 Å². The predicted octanol–water partition coefficient (Wildman–Crippen LogP) is 2.44. The largest absolute Gasteiger partial charge is 0.417 e. The summed E-state index contributed by atoms with van der Waals surface area (Å²) in [6, 6.07) is 2.27. The van der Waals surface area contributed by atoms with E-state index in [9.17, 15) is 18.0 Å². The standard InChI is InChI=1S/C15H20F3N3O2/c1-10-5-8-23-13(10)14(22)20-7-2-6-19-12-4-3-11(9-21-12)15(16,17)18/h3-4,9-10,13H,2,5-8H2,1H3,(H,19,21)(H,20,22)/t10-,13+/m0/s1. The highest BCUT2D eigenvalue weighted by Crippen LogP contribution is 2.28. The summed E-state index contributed by atoms with van der Waals surface area (Å²) in [5, 5.41) is 5.71. The van der Waals surface area contributed by atoms with E-state index in [1.54, 1.807) is 0 Å². The number of ether oxygens (including phenoxy) is 1. The molecule has 1 saturated heterocycles. The SMILES string of the molecule is C[C@H]1CCO[C@H]1C(=O)NCCCNc1ccc(C(F)(F)F)cn1. The Labute approximate surface area is 132 Å². The van der Waals surface area contributed by atoms with Gasteiger partial charge in [0.15, 0.2) is 0 Å². The zero-order chi connectivity index (χ0) is 16.9. The first-order valence-corrected chi connectivity index (χ1v) is 7.54. The van der Waals surface area contributed by atoms with E-state index in [-0.39, 0.29) is 17.9 Å². The Bertz CT molecular complexity index is 520. The lowest BCUT2D eigenvalue weighted by Crippen LogP contribution is -2.38. The van der Waals surface area contributed by atoms with Crippen molar-refractivity contribution in [1.29, 1.82) is 0 Å². The Morgan fingerprint density at radius 1 is 1.39 bits per heavy atom. The smallest absolute Gasteiger partial charge is 0.370 e. The summed E-state index contributed by atoms with van der Waals surface area (Å²) in [6.45, 7) is 3.56. The number of carbonyl (C=O) groups excluding carboxylic acids is 1. The summed E-state index contributed by atoms with van der Waals surface area (Å²) in [6.07, 6.45) is -2.44. The van der Waals surface area contributed by atoms with Crippen molar-refractivity contribution in [2.75, 3.05) is 25.0 Å². The lowest BCUT2D eigenvalue weighted by molar-refractivity contribution is -0.137. The van der Waals surface area contributed by atoms with Gasteiger partial charge in [-0.1, -0.05) is 6.92 Å². The van der Waals surface area contributed by atoms with Crippen molar-refractivity contribution in [3.05, 3.63) is 23.9 Å². The minimum absolute atomic E-state index is 0.109. The molecule has 128 valence electrons. The van der Waals surface area contributed by atoms with Crippen molar-refractivity contribution < 1.29 is 22.7 Å². The van der Waals surface area contributed by atoms with Gasteiger partial charge in [-0.15, -0.1) is 0 Å². The maximum absolute atomic E-state index is 12.4. The molecule has 1 aliphatic heterocycles. The summed E-state index contributed by atoms with van der Waals surface area (Å²) in [7, 11) is 0. The van der Waals surface area contributed by atoms with Crippen LogP contribution >= 0.6 is 0 Å². The topological polar surface area (TPSA) is 63.2 Å². The average Bonchev–Trinajstić information content (AvgIpc) is 2.92. The molecule has 1 amide bonds. The molecule has 2 atom stereocenters. The first-order chi connectivity index (χ1) is 10.9. The summed E-state index contributed by atoms with van der Waals surface area (Å²) >= 11 is 0. The molecule has 8 heteroatoms. The van der Waals surface area contributed by atoms with Crippen LogP contribution in [0.3, 0.4) is 0 Å². The molecule has 1 aliphatic rings. The number of anilines is 1. The zero-order valence-electron chi connectivity index (χ0n) is 12.8. The fraction of sp³-hybridized carbons (Fsp3) is 0.600. The minimum Gasteiger partial charge on any atom is -0.370 e. The van der Waals surface area contributed by atoms with Crippen LogP contribution in [0.1, 0.15) is 25.3 Å². The van der Waals surface area contributed by atoms with Crippen LogP contribution in [-0.4, -0.2) is 36.7 Å². The number of nitrogens with zero attached hydrogens (tertiary/aromatic N) is 1. The molecule has 0 radical (unpaired) electrons. The molecule has 1 aromatic heterocycles. The number of alkyl halides is 3. The van der Waals surface area contributed by atoms with Gasteiger partial charge < -0.3 is 15.4 Å². The Morgan fingerprint density at radius 2 is 2.17 bits per heavy atom. The van der Waals surface area contributed by atoms with Crippen molar-refractivity contribution in [2.45, 2.75) is 32.0 Å². The highest BCUT2D eigenvalue weighted by molar-refractivity contribution is 5.81. The van der Waals surface area contributed by atoms with Gasteiger partial charge in [0, 0.05) is 25.9 Å². The molecule has 0 spiro atoms. The second-order valence-electron chi connectivity index (χ2n) is 5.56. The highest BCUT2D eigenvalue weighted by atomic mass is 19.4. The summed E-state index contributed by atoms with van der Waals surface area (Å²) in [5.74, 6) is 0.490. The van der Waals surface area contributed by atoms with Crippen LogP contribution in [0.25, 0.3) is 0 Å². The number of rotatable bonds is 6. The van der Waals surface area contributed by atoms with E-state index < -0.39 is 11.7 Å². The first kappa shape index (κ1) is 17.5. The number of nitrogens with one attached hydrogen (secondary N) is 2. The van der Waals surface area contributed by atoms with Crippen molar-refractivity contribution in [1.82, 2.24) is 10.3 Å². The quantitative estimate of drug-likeness (QED) is 0.786. The number of hydrogen-bond acceptors (Lipinski definition) is 4. The first-order valence-electron chi connectivity index (χ1n) is 7.54. The van der Waals surface area contributed by atoms with Crippen LogP contribution in [-0.2, 0) is 15.7 Å². The molecule has 0 unspecified atom stereocenters. The van der Waals surface area contributed by atoms with Gasteiger partial charge >= 0.3 is 6.18 Å². The third-order valence-electron chi connectivity index (χ3n) is 3.70. The van der Waals surface area contributed by atoms with Crippen LogP contribution in [0.15, 0.2) is 18.3 Å². The zero-order valence-corrected chi connectivity index (χ0v) is 12.8. The van der Waals surface area contributed by atoms with Crippen LogP contribution < -0.4 is 10.6 Å². The summed E-state index contributed by atoms with van der Waals surface area (Å²) < 4.78 is 42.5. The van der Waals surface area contributed by atoms with Gasteiger partial charge in [-0.25, -0.2) is 4.98 Å². The molecule has 0 saturated carbocycles. The summed E-state index contributed by atoms with van der Waals surface area (Å²) in [5.41, 5.74) is -0.777. The highest BCUT2D eigenvalue weighted by Gasteiger charge is 2.31. The van der Waals surface area contributed by atoms with Crippen LogP contribution in [0.2, 0.25) is 0 Å².